The summed E-state index contributed by atoms with van der Waals surface area (Å²) in [6.07, 6.45) is -0.815. The summed E-state index contributed by atoms with van der Waals surface area (Å²) in [5.74, 6) is -0.499. The molecule has 0 bridgehead atoms. The fourth-order valence-electron chi connectivity index (χ4n) is 3.13. The van der Waals surface area contributed by atoms with E-state index in [1.54, 1.807) is 12.1 Å². The Hall–Kier alpha value is -2.05. The molecule has 1 aliphatic rings. The Morgan fingerprint density at radius 2 is 1.70 bits per heavy atom. The molecule has 3 rings (SSSR count). The zero-order valence-electron chi connectivity index (χ0n) is 14.7. The molecule has 3 nitrogen and oxygen atoms in total. The van der Waals surface area contributed by atoms with Crippen LogP contribution in [-0.2, 0) is 12.7 Å². The van der Waals surface area contributed by atoms with Gasteiger partial charge in [-0.25, -0.2) is 0 Å². The van der Waals surface area contributed by atoms with Crippen molar-refractivity contribution in [1.82, 2.24) is 4.90 Å². The van der Waals surface area contributed by atoms with Crippen molar-refractivity contribution in [2.75, 3.05) is 18.4 Å². The van der Waals surface area contributed by atoms with Gasteiger partial charge in [-0.15, -0.1) is 0 Å². The maximum Gasteiger partial charge on any atom is 0.416 e. The Bertz CT molecular complexity index is 800. The maximum atomic E-state index is 12.8. The molecule has 0 spiro atoms. The second kappa shape index (κ2) is 8.31. The average molecular weight is 397 g/mol. The lowest BCUT2D eigenvalue weighted by atomic mass is 10.1. The first-order chi connectivity index (χ1) is 12.8. The molecule has 144 valence electrons. The van der Waals surface area contributed by atoms with Gasteiger partial charge in [-0.1, -0.05) is 30.2 Å². The number of carbonyl (C=O) groups excluding carboxylic acids is 1. The number of rotatable bonds is 4. The van der Waals surface area contributed by atoms with Crippen molar-refractivity contribution in [3.8, 4) is 0 Å². The van der Waals surface area contributed by atoms with Crippen LogP contribution in [0.5, 0.6) is 0 Å². The molecule has 0 saturated carbocycles. The normalized spacial score (nSPS) is 15.6. The Labute approximate surface area is 161 Å². The molecule has 7 heteroatoms. The number of amides is 1. The molecular weight excluding hydrogens is 377 g/mol. The Morgan fingerprint density at radius 3 is 2.33 bits per heavy atom. The number of hydrogen-bond donors (Lipinski definition) is 1. The summed E-state index contributed by atoms with van der Waals surface area (Å²) < 4.78 is 38.5. The fourth-order valence-corrected chi connectivity index (χ4v) is 3.29. The number of hydrogen-bond acceptors (Lipinski definition) is 2. The number of halogens is 4. The van der Waals surface area contributed by atoms with Crippen LogP contribution in [0.1, 0.15) is 40.7 Å². The van der Waals surface area contributed by atoms with Crippen molar-refractivity contribution in [3.63, 3.8) is 0 Å². The van der Waals surface area contributed by atoms with E-state index in [4.69, 9.17) is 11.6 Å². The second-order valence-electron chi connectivity index (χ2n) is 6.68. The molecule has 0 unspecified atom stereocenters. The van der Waals surface area contributed by atoms with Gasteiger partial charge in [0.25, 0.3) is 5.91 Å². The van der Waals surface area contributed by atoms with Gasteiger partial charge in [0, 0.05) is 12.1 Å². The van der Waals surface area contributed by atoms with Crippen molar-refractivity contribution in [1.29, 1.82) is 0 Å². The van der Waals surface area contributed by atoms with Crippen molar-refractivity contribution in [3.05, 3.63) is 64.2 Å². The van der Waals surface area contributed by atoms with Gasteiger partial charge in [0.2, 0.25) is 0 Å². The van der Waals surface area contributed by atoms with Crippen LogP contribution < -0.4 is 5.32 Å². The van der Waals surface area contributed by atoms with Gasteiger partial charge in [-0.3, -0.25) is 9.69 Å². The number of nitrogens with zero attached hydrogens (tertiary/aromatic N) is 1. The third-order valence-electron chi connectivity index (χ3n) is 4.61. The van der Waals surface area contributed by atoms with E-state index in [2.05, 4.69) is 10.2 Å². The largest absolute Gasteiger partial charge is 0.416 e. The predicted molar refractivity (Wildman–Crippen MR) is 100.0 cm³/mol. The van der Waals surface area contributed by atoms with Crippen LogP contribution in [-0.4, -0.2) is 23.9 Å². The lowest BCUT2D eigenvalue weighted by Crippen LogP contribution is -2.29. The van der Waals surface area contributed by atoms with E-state index in [1.165, 1.54) is 19.3 Å². The molecule has 0 atom stereocenters. The Balaban J connectivity index is 1.67. The third-order valence-corrected chi connectivity index (χ3v) is 4.94. The summed E-state index contributed by atoms with van der Waals surface area (Å²) in [5, 5.41) is 2.51. The molecule has 0 radical (unpaired) electrons. The monoisotopic (exact) mass is 396 g/mol. The molecular formula is C20H20ClF3N2O. The molecule has 1 amide bonds. The van der Waals surface area contributed by atoms with Crippen LogP contribution in [0.15, 0.2) is 42.5 Å². The molecule has 1 N–H and O–H groups in total. The summed E-state index contributed by atoms with van der Waals surface area (Å²) >= 11 is 5.92. The first kappa shape index (κ1) is 19.7. The van der Waals surface area contributed by atoms with E-state index in [0.29, 0.717) is 5.56 Å². The van der Waals surface area contributed by atoms with Gasteiger partial charge >= 0.3 is 6.18 Å². The van der Waals surface area contributed by atoms with Crippen molar-refractivity contribution in [2.45, 2.75) is 32.0 Å². The fraction of sp³-hybridized carbons (Fsp3) is 0.350. The molecule has 2 aromatic rings. The van der Waals surface area contributed by atoms with Gasteiger partial charge < -0.3 is 5.32 Å². The minimum atomic E-state index is -4.50. The molecule has 1 saturated heterocycles. The zero-order valence-corrected chi connectivity index (χ0v) is 15.4. The Kier molecular flexibility index (Phi) is 6.07. The number of piperidine rings is 1. The van der Waals surface area contributed by atoms with Gasteiger partial charge in [0.05, 0.1) is 16.3 Å². The first-order valence-corrected chi connectivity index (χ1v) is 9.20. The maximum absolute atomic E-state index is 12.8. The lowest BCUT2D eigenvalue weighted by Gasteiger charge is -2.26. The number of anilines is 1. The van der Waals surface area contributed by atoms with Crippen molar-refractivity contribution < 1.29 is 18.0 Å². The van der Waals surface area contributed by atoms with E-state index < -0.39 is 17.6 Å². The molecule has 27 heavy (non-hydrogen) atoms. The van der Waals surface area contributed by atoms with E-state index in [1.807, 2.05) is 12.1 Å². The summed E-state index contributed by atoms with van der Waals surface area (Å²) in [5.41, 5.74) is 0.546. The smallest absolute Gasteiger partial charge is 0.321 e. The molecule has 1 fully saturated rings. The summed E-state index contributed by atoms with van der Waals surface area (Å²) in [6, 6.07) is 9.95. The molecule has 2 aromatic carbocycles. The predicted octanol–water partition coefficient (Wildman–Crippen LogP) is 5.60. The SMILES string of the molecule is O=C(Nc1cc(C(F)(F)F)ccc1Cl)c1ccc(CN2CCCCC2)cc1. The second-order valence-corrected chi connectivity index (χ2v) is 7.09. The van der Waals surface area contributed by atoms with Crippen molar-refractivity contribution in [2.24, 2.45) is 0 Å². The topological polar surface area (TPSA) is 32.3 Å². The van der Waals surface area contributed by atoms with Gasteiger partial charge in [-0.2, -0.15) is 13.2 Å². The Morgan fingerprint density at radius 1 is 1.04 bits per heavy atom. The highest BCUT2D eigenvalue weighted by Crippen LogP contribution is 2.34. The summed E-state index contributed by atoms with van der Waals surface area (Å²) in [7, 11) is 0. The zero-order chi connectivity index (χ0) is 19.4. The molecule has 1 aliphatic heterocycles. The van der Waals surface area contributed by atoms with E-state index in [-0.39, 0.29) is 10.7 Å². The van der Waals surface area contributed by atoms with Crippen LogP contribution in [0.25, 0.3) is 0 Å². The number of likely N-dealkylation sites (tertiary alicyclic amines) is 1. The highest BCUT2D eigenvalue weighted by molar-refractivity contribution is 6.34. The quantitative estimate of drug-likeness (QED) is 0.729. The lowest BCUT2D eigenvalue weighted by molar-refractivity contribution is -0.137. The highest BCUT2D eigenvalue weighted by atomic mass is 35.5. The summed E-state index contributed by atoms with van der Waals surface area (Å²) in [6.45, 7) is 2.99. The van der Waals surface area contributed by atoms with E-state index in [0.717, 1.165) is 43.4 Å². The van der Waals surface area contributed by atoms with Gasteiger partial charge in [0.1, 0.15) is 0 Å². The number of alkyl halides is 3. The average Bonchev–Trinajstić information content (AvgIpc) is 2.64. The van der Waals surface area contributed by atoms with Crippen molar-refractivity contribution >= 4 is 23.2 Å². The van der Waals surface area contributed by atoms with Crippen LogP contribution in [0.3, 0.4) is 0 Å². The van der Waals surface area contributed by atoms with Crippen LogP contribution in [0.2, 0.25) is 5.02 Å². The molecule has 1 heterocycles. The summed E-state index contributed by atoms with van der Waals surface area (Å²) in [4.78, 5) is 14.7. The molecule has 0 aromatic heterocycles. The molecule has 0 aliphatic carbocycles. The number of benzene rings is 2. The standard InChI is InChI=1S/C20H20ClF3N2O/c21-17-9-8-16(20(22,23)24)12-18(17)25-19(27)15-6-4-14(5-7-15)13-26-10-2-1-3-11-26/h4-9,12H,1-3,10-11,13H2,(H,25,27). The van der Waals surface area contributed by atoms with Gasteiger partial charge in [0.15, 0.2) is 0 Å². The number of carbonyl (C=O) groups is 1. The van der Waals surface area contributed by atoms with Crippen LogP contribution >= 0.6 is 11.6 Å². The highest BCUT2D eigenvalue weighted by Gasteiger charge is 2.31. The van der Waals surface area contributed by atoms with E-state index >= 15 is 0 Å². The van der Waals surface area contributed by atoms with Crippen LogP contribution in [0.4, 0.5) is 18.9 Å². The minimum absolute atomic E-state index is 0.0538. The number of nitrogens with one attached hydrogen (secondary N) is 1. The van der Waals surface area contributed by atoms with Gasteiger partial charge in [-0.05, 0) is 61.8 Å². The minimum Gasteiger partial charge on any atom is -0.321 e. The third kappa shape index (κ3) is 5.23. The van der Waals surface area contributed by atoms with Crippen LogP contribution in [0, 0.1) is 0 Å². The first-order valence-electron chi connectivity index (χ1n) is 8.82. The van der Waals surface area contributed by atoms with E-state index in [9.17, 15) is 18.0 Å².